The number of aromatic nitrogens is 1. The minimum Gasteiger partial charge on any atom is -0.378 e. The zero-order valence-corrected chi connectivity index (χ0v) is 20.5. The smallest absolute Gasteiger partial charge is 0.194 e. The number of hydrogen-bond donors (Lipinski definition) is 1. The number of rotatable bonds is 6. The summed E-state index contributed by atoms with van der Waals surface area (Å²) in [4.78, 5) is 16.8. The van der Waals surface area contributed by atoms with E-state index in [1.54, 1.807) is 0 Å². The highest BCUT2D eigenvalue weighted by Crippen LogP contribution is 2.20. The number of aliphatic imine (C=N–C) groups is 1. The first-order valence-electron chi connectivity index (χ1n) is 10.7. The largest absolute Gasteiger partial charge is 0.378 e. The summed E-state index contributed by atoms with van der Waals surface area (Å²) < 4.78 is 5.79. The molecule has 3 heterocycles. The van der Waals surface area contributed by atoms with Crippen LogP contribution in [0, 0.1) is 0 Å². The summed E-state index contributed by atoms with van der Waals surface area (Å²) in [6, 6.07) is 4.18. The molecule has 2 aliphatic rings. The van der Waals surface area contributed by atoms with Crippen molar-refractivity contribution in [3.05, 3.63) is 23.9 Å². The average Bonchev–Trinajstić information content (AvgIpc) is 2.73. The highest BCUT2D eigenvalue weighted by Gasteiger charge is 2.22. The van der Waals surface area contributed by atoms with Crippen molar-refractivity contribution in [1.29, 1.82) is 0 Å². The van der Waals surface area contributed by atoms with Crippen molar-refractivity contribution in [2.45, 2.75) is 39.3 Å². The van der Waals surface area contributed by atoms with E-state index in [9.17, 15) is 0 Å². The van der Waals surface area contributed by atoms with Gasteiger partial charge in [-0.1, -0.05) is 6.07 Å². The number of nitrogens with zero attached hydrogens (tertiary/aromatic N) is 5. The number of likely N-dealkylation sites (N-methyl/N-ethyl adjacent to an activating group) is 1. The first-order chi connectivity index (χ1) is 13.7. The van der Waals surface area contributed by atoms with Gasteiger partial charge in [-0.05, 0) is 39.8 Å². The van der Waals surface area contributed by atoms with Crippen molar-refractivity contribution in [1.82, 2.24) is 20.1 Å². The van der Waals surface area contributed by atoms with Crippen LogP contribution in [0.15, 0.2) is 23.3 Å². The van der Waals surface area contributed by atoms with E-state index in [0.717, 1.165) is 77.0 Å². The third-order valence-electron chi connectivity index (χ3n) is 5.55. The van der Waals surface area contributed by atoms with Gasteiger partial charge in [0.25, 0.3) is 0 Å². The lowest BCUT2D eigenvalue weighted by molar-refractivity contribution is 0.0263. The van der Waals surface area contributed by atoms with Crippen molar-refractivity contribution < 1.29 is 4.74 Å². The molecule has 2 saturated heterocycles. The Kier molecular flexibility index (Phi) is 10.4. The minimum atomic E-state index is 0. The van der Waals surface area contributed by atoms with E-state index in [1.165, 1.54) is 5.56 Å². The Labute approximate surface area is 192 Å². The van der Waals surface area contributed by atoms with E-state index in [0.29, 0.717) is 12.6 Å². The standard InChI is InChI=1S/C21H36N6O.HI/c1-4-22-21(27-11-8-19(9-12-27)28-5-2)24-17-18-7-6-10-23-20(18)26-15-13-25(3)14-16-26;/h6-7,10,19H,4-5,8-9,11-17H2,1-3H3,(H,22,24);1H. The lowest BCUT2D eigenvalue weighted by Crippen LogP contribution is -2.47. The van der Waals surface area contributed by atoms with Gasteiger partial charge < -0.3 is 24.8 Å². The molecule has 164 valence electrons. The molecule has 2 aliphatic heterocycles. The number of ether oxygens (including phenoxy) is 1. The van der Waals surface area contributed by atoms with Crippen molar-refractivity contribution in [2.75, 3.05) is 64.4 Å². The lowest BCUT2D eigenvalue weighted by Gasteiger charge is -2.35. The van der Waals surface area contributed by atoms with Gasteiger partial charge in [0.05, 0.1) is 12.6 Å². The second-order valence-corrected chi connectivity index (χ2v) is 7.59. The molecule has 2 fully saturated rings. The number of halogens is 1. The normalized spacial score (nSPS) is 19.2. The monoisotopic (exact) mass is 516 g/mol. The van der Waals surface area contributed by atoms with E-state index < -0.39 is 0 Å². The van der Waals surface area contributed by atoms with Crippen LogP contribution in [0.4, 0.5) is 5.82 Å². The van der Waals surface area contributed by atoms with Crippen molar-refractivity contribution in [3.63, 3.8) is 0 Å². The maximum atomic E-state index is 5.79. The van der Waals surface area contributed by atoms with E-state index >= 15 is 0 Å². The summed E-state index contributed by atoms with van der Waals surface area (Å²) in [6.07, 6.45) is 4.42. The van der Waals surface area contributed by atoms with E-state index in [2.05, 4.69) is 52.0 Å². The summed E-state index contributed by atoms with van der Waals surface area (Å²) in [6.45, 7) is 12.7. The molecule has 1 aromatic heterocycles. The molecule has 0 aromatic carbocycles. The lowest BCUT2D eigenvalue weighted by atomic mass is 10.1. The van der Waals surface area contributed by atoms with Crippen molar-refractivity contribution >= 4 is 35.8 Å². The van der Waals surface area contributed by atoms with Crippen molar-refractivity contribution in [3.8, 4) is 0 Å². The van der Waals surface area contributed by atoms with Gasteiger partial charge in [0.2, 0.25) is 0 Å². The van der Waals surface area contributed by atoms with Gasteiger partial charge in [-0.15, -0.1) is 24.0 Å². The van der Waals surface area contributed by atoms with Gasteiger partial charge in [-0.3, -0.25) is 0 Å². The van der Waals surface area contributed by atoms with Crippen LogP contribution in [0.3, 0.4) is 0 Å². The van der Waals surface area contributed by atoms with Crippen LogP contribution < -0.4 is 10.2 Å². The summed E-state index contributed by atoms with van der Waals surface area (Å²) in [5, 5.41) is 3.47. The van der Waals surface area contributed by atoms with Gasteiger partial charge in [0.15, 0.2) is 5.96 Å². The molecule has 0 amide bonds. The van der Waals surface area contributed by atoms with Gasteiger partial charge in [0.1, 0.15) is 5.82 Å². The Morgan fingerprint density at radius 3 is 2.55 bits per heavy atom. The third-order valence-corrected chi connectivity index (χ3v) is 5.55. The van der Waals surface area contributed by atoms with Crippen LogP contribution in [-0.4, -0.2) is 86.3 Å². The van der Waals surface area contributed by atoms with Gasteiger partial charge in [-0.2, -0.15) is 0 Å². The number of nitrogens with one attached hydrogen (secondary N) is 1. The molecular formula is C21H37IN6O. The average molecular weight is 516 g/mol. The summed E-state index contributed by atoms with van der Waals surface area (Å²) in [5.74, 6) is 2.09. The number of pyridine rings is 1. The number of guanidine groups is 1. The summed E-state index contributed by atoms with van der Waals surface area (Å²) >= 11 is 0. The van der Waals surface area contributed by atoms with Gasteiger partial charge >= 0.3 is 0 Å². The molecule has 0 unspecified atom stereocenters. The zero-order valence-electron chi connectivity index (χ0n) is 18.1. The molecule has 0 atom stereocenters. The Bertz CT molecular complexity index is 627. The molecule has 0 spiro atoms. The fraction of sp³-hybridized carbons (Fsp3) is 0.714. The molecule has 0 saturated carbocycles. The topological polar surface area (TPSA) is 56.2 Å². The van der Waals surface area contributed by atoms with Crippen LogP contribution in [0.5, 0.6) is 0 Å². The number of hydrogen-bond acceptors (Lipinski definition) is 5. The molecule has 3 rings (SSSR count). The first-order valence-corrected chi connectivity index (χ1v) is 10.7. The van der Waals surface area contributed by atoms with Crippen LogP contribution in [0.25, 0.3) is 0 Å². The SMILES string of the molecule is CCNC(=NCc1cccnc1N1CCN(C)CC1)N1CCC(OCC)CC1.I. The van der Waals surface area contributed by atoms with Crippen LogP contribution in [0.2, 0.25) is 0 Å². The Balaban J connectivity index is 0.00000300. The molecule has 8 heteroatoms. The Morgan fingerprint density at radius 2 is 1.90 bits per heavy atom. The molecule has 29 heavy (non-hydrogen) atoms. The molecule has 0 radical (unpaired) electrons. The predicted molar refractivity (Wildman–Crippen MR) is 130 cm³/mol. The second kappa shape index (κ2) is 12.5. The number of piperidine rings is 1. The maximum Gasteiger partial charge on any atom is 0.194 e. The molecule has 1 aromatic rings. The highest BCUT2D eigenvalue weighted by molar-refractivity contribution is 14.0. The quantitative estimate of drug-likeness (QED) is 0.356. The zero-order chi connectivity index (χ0) is 19.8. The third kappa shape index (κ3) is 6.96. The molecule has 0 aliphatic carbocycles. The van der Waals surface area contributed by atoms with E-state index in [1.807, 2.05) is 12.3 Å². The van der Waals surface area contributed by atoms with Crippen LogP contribution in [0.1, 0.15) is 32.3 Å². The number of piperazine rings is 1. The minimum absolute atomic E-state index is 0. The van der Waals surface area contributed by atoms with Crippen LogP contribution in [-0.2, 0) is 11.3 Å². The highest BCUT2D eigenvalue weighted by atomic mass is 127. The molecule has 0 bridgehead atoms. The Morgan fingerprint density at radius 1 is 1.17 bits per heavy atom. The summed E-state index contributed by atoms with van der Waals surface area (Å²) in [5.41, 5.74) is 1.20. The second-order valence-electron chi connectivity index (χ2n) is 7.59. The fourth-order valence-corrected chi connectivity index (χ4v) is 3.91. The van der Waals surface area contributed by atoms with Crippen molar-refractivity contribution in [2.24, 2.45) is 4.99 Å². The van der Waals surface area contributed by atoms with Gasteiger partial charge in [-0.25, -0.2) is 9.98 Å². The van der Waals surface area contributed by atoms with Crippen LogP contribution >= 0.6 is 24.0 Å². The number of anilines is 1. The molecule has 7 nitrogen and oxygen atoms in total. The van der Waals surface area contributed by atoms with E-state index in [4.69, 9.17) is 9.73 Å². The van der Waals surface area contributed by atoms with Gasteiger partial charge in [0, 0.05) is 64.2 Å². The van der Waals surface area contributed by atoms with E-state index in [-0.39, 0.29) is 24.0 Å². The number of likely N-dealkylation sites (tertiary alicyclic amines) is 1. The first kappa shape index (κ1) is 24.1. The summed E-state index contributed by atoms with van der Waals surface area (Å²) in [7, 11) is 2.18. The molecule has 1 N–H and O–H groups in total. The Hall–Kier alpha value is -1.13. The predicted octanol–water partition coefficient (Wildman–Crippen LogP) is 2.42. The maximum absolute atomic E-state index is 5.79. The molecular weight excluding hydrogens is 479 g/mol. The fourth-order valence-electron chi connectivity index (χ4n) is 3.91.